The molecule has 1 N–H and O–H groups in total. The smallest absolute Gasteiger partial charge is 0.264 e. The molecule has 0 bridgehead atoms. The lowest BCUT2D eigenvalue weighted by Crippen LogP contribution is -2.52. The number of hydrogen-bond acceptors (Lipinski definition) is 4. The van der Waals surface area contributed by atoms with Crippen LogP contribution in [-0.2, 0) is 26.2 Å². The van der Waals surface area contributed by atoms with Gasteiger partial charge in [0, 0.05) is 13.1 Å². The number of amides is 2. The number of benzene rings is 3. The van der Waals surface area contributed by atoms with Crippen LogP contribution in [0.15, 0.2) is 77.7 Å². The van der Waals surface area contributed by atoms with E-state index in [4.69, 9.17) is 0 Å². The standard InChI is InChI=1S/C31H38FN3O4S/c1-6-29(31(37)33-19-22(2)3)34(20-25-10-8-7-9-24(25)5)30(36)21-35(27-15-11-23(4)12-16-27)40(38,39)28-17-13-26(32)14-18-28/h7-18,22,29H,6,19-21H2,1-5H3,(H,33,37)/t29-/m0/s1. The van der Waals surface area contributed by atoms with Crippen LogP contribution in [0.5, 0.6) is 0 Å². The van der Waals surface area contributed by atoms with Crippen molar-refractivity contribution >= 4 is 27.5 Å². The van der Waals surface area contributed by atoms with Crippen LogP contribution in [0.3, 0.4) is 0 Å². The molecule has 0 aliphatic heterocycles. The molecule has 0 saturated heterocycles. The molecule has 0 heterocycles. The van der Waals surface area contributed by atoms with E-state index < -0.39 is 34.3 Å². The molecular weight excluding hydrogens is 529 g/mol. The van der Waals surface area contributed by atoms with E-state index in [1.54, 1.807) is 24.3 Å². The maximum Gasteiger partial charge on any atom is 0.264 e. The second-order valence-electron chi connectivity index (χ2n) is 10.3. The van der Waals surface area contributed by atoms with Crippen LogP contribution in [0.25, 0.3) is 0 Å². The lowest BCUT2D eigenvalue weighted by Gasteiger charge is -2.33. The quantitative estimate of drug-likeness (QED) is 0.325. The Morgan fingerprint density at radius 3 is 2.12 bits per heavy atom. The molecule has 0 saturated carbocycles. The largest absolute Gasteiger partial charge is 0.354 e. The van der Waals surface area contributed by atoms with Gasteiger partial charge in [-0.05, 0) is 73.7 Å². The van der Waals surface area contributed by atoms with Gasteiger partial charge in [-0.2, -0.15) is 0 Å². The third-order valence-electron chi connectivity index (χ3n) is 6.67. The molecule has 0 unspecified atom stereocenters. The molecule has 3 aromatic carbocycles. The van der Waals surface area contributed by atoms with Crippen LogP contribution >= 0.6 is 0 Å². The van der Waals surface area contributed by atoms with Crippen molar-refractivity contribution in [1.29, 1.82) is 0 Å². The molecule has 9 heteroatoms. The normalized spacial score (nSPS) is 12.2. The van der Waals surface area contributed by atoms with Gasteiger partial charge in [0.25, 0.3) is 10.0 Å². The Balaban J connectivity index is 2.05. The molecule has 0 aromatic heterocycles. The minimum absolute atomic E-state index is 0.136. The van der Waals surface area contributed by atoms with E-state index in [0.29, 0.717) is 13.0 Å². The van der Waals surface area contributed by atoms with E-state index in [2.05, 4.69) is 5.32 Å². The molecular formula is C31H38FN3O4S. The summed E-state index contributed by atoms with van der Waals surface area (Å²) in [6.45, 7) is 9.64. The van der Waals surface area contributed by atoms with Crippen LogP contribution in [0, 0.1) is 25.6 Å². The van der Waals surface area contributed by atoms with Crippen molar-refractivity contribution in [3.63, 3.8) is 0 Å². The minimum Gasteiger partial charge on any atom is -0.354 e. The Labute approximate surface area is 237 Å². The summed E-state index contributed by atoms with van der Waals surface area (Å²) in [5.41, 5.74) is 3.01. The van der Waals surface area contributed by atoms with Gasteiger partial charge in [0.15, 0.2) is 0 Å². The fourth-order valence-electron chi connectivity index (χ4n) is 4.29. The zero-order chi connectivity index (χ0) is 29.4. The number of halogens is 1. The van der Waals surface area contributed by atoms with Crippen molar-refractivity contribution in [2.75, 3.05) is 17.4 Å². The van der Waals surface area contributed by atoms with Crippen LogP contribution in [0.4, 0.5) is 10.1 Å². The van der Waals surface area contributed by atoms with E-state index in [1.807, 2.05) is 58.9 Å². The van der Waals surface area contributed by atoms with Crippen molar-refractivity contribution in [2.24, 2.45) is 5.92 Å². The number of aryl methyl sites for hydroxylation is 2. The van der Waals surface area contributed by atoms with Gasteiger partial charge in [-0.3, -0.25) is 13.9 Å². The summed E-state index contributed by atoms with van der Waals surface area (Å²) in [5.74, 6) is -1.16. The first-order chi connectivity index (χ1) is 18.9. The topological polar surface area (TPSA) is 86.8 Å². The van der Waals surface area contributed by atoms with Gasteiger partial charge in [0.2, 0.25) is 11.8 Å². The highest BCUT2D eigenvalue weighted by Crippen LogP contribution is 2.26. The molecule has 2 amide bonds. The molecule has 0 fully saturated rings. The summed E-state index contributed by atoms with van der Waals surface area (Å²) < 4.78 is 42.2. The van der Waals surface area contributed by atoms with Gasteiger partial charge in [-0.25, -0.2) is 12.8 Å². The van der Waals surface area contributed by atoms with Crippen molar-refractivity contribution in [3.8, 4) is 0 Å². The highest BCUT2D eigenvalue weighted by Gasteiger charge is 2.33. The number of anilines is 1. The molecule has 1 atom stereocenters. The molecule has 214 valence electrons. The minimum atomic E-state index is -4.25. The number of hydrogen-bond donors (Lipinski definition) is 1. The summed E-state index contributed by atoms with van der Waals surface area (Å²) in [7, 11) is -4.25. The van der Waals surface area contributed by atoms with Gasteiger partial charge in [-0.15, -0.1) is 0 Å². The van der Waals surface area contributed by atoms with Crippen molar-refractivity contribution in [1.82, 2.24) is 10.2 Å². The first-order valence-corrected chi connectivity index (χ1v) is 14.8. The van der Waals surface area contributed by atoms with Gasteiger partial charge in [0.1, 0.15) is 18.4 Å². The monoisotopic (exact) mass is 567 g/mol. The van der Waals surface area contributed by atoms with Gasteiger partial charge >= 0.3 is 0 Å². The molecule has 0 aliphatic carbocycles. The van der Waals surface area contributed by atoms with E-state index >= 15 is 0 Å². The number of rotatable bonds is 12. The number of nitrogens with one attached hydrogen (secondary N) is 1. The van der Waals surface area contributed by atoms with Gasteiger partial charge < -0.3 is 10.2 Å². The second kappa shape index (κ2) is 13.6. The summed E-state index contributed by atoms with van der Waals surface area (Å²) in [6, 6.07) is 18.0. The Kier molecular flexibility index (Phi) is 10.5. The Morgan fingerprint density at radius 1 is 0.925 bits per heavy atom. The highest BCUT2D eigenvalue weighted by molar-refractivity contribution is 7.92. The molecule has 7 nitrogen and oxygen atoms in total. The zero-order valence-electron chi connectivity index (χ0n) is 23.7. The summed E-state index contributed by atoms with van der Waals surface area (Å²) in [6.07, 6.45) is 0.344. The maximum absolute atomic E-state index is 14.1. The average Bonchev–Trinajstić information content (AvgIpc) is 2.92. The summed E-state index contributed by atoms with van der Waals surface area (Å²) in [4.78, 5) is 28.6. The Bertz CT molecular complexity index is 1410. The van der Waals surface area contributed by atoms with Crippen molar-refractivity contribution in [3.05, 3.63) is 95.3 Å². The first-order valence-electron chi connectivity index (χ1n) is 13.4. The molecule has 0 radical (unpaired) electrons. The highest BCUT2D eigenvalue weighted by atomic mass is 32.2. The lowest BCUT2D eigenvalue weighted by molar-refractivity contribution is -0.140. The first kappa shape index (κ1) is 30.8. The van der Waals surface area contributed by atoms with Crippen LogP contribution in [0.1, 0.15) is 43.9 Å². The number of sulfonamides is 1. The van der Waals surface area contributed by atoms with E-state index in [9.17, 15) is 22.4 Å². The van der Waals surface area contributed by atoms with Crippen LogP contribution in [-0.4, -0.2) is 44.3 Å². The number of carbonyl (C=O) groups excluding carboxylic acids is 2. The third kappa shape index (κ3) is 7.69. The van der Waals surface area contributed by atoms with E-state index in [0.717, 1.165) is 33.1 Å². The molecule has 3 rings (SSSR count). The Morgan fingerprint density at radius 2 is 1.55 bits per heavy atom. The predicted octanol–water partition coefficient (Wildman–Crippen LogP) is 5.22. The van der Waals surface area contributed by atoms with Crippen molar-refractivity contribution in [2.45, 2.75) is 58.5 Å². The third-order valence-corrected chi connectivity index (χ3v) is 8.46. The molecule has 3 aromatic rings. The fraction of sp³-hybridized carbons (Fsp3) is 0.355. The van der Waals surface area contributed by atoms with Crippen LogP contribution < -0.4 is 9.62 Å². The molecule has 0 aliphatic rings. The van der Waals surface area contributed by atoms with Gasteiger partial charge in [0.05, 0.1) is 10.6 Å². The van der Waals surface area contributed by atoms with Crippen molar-refractivity contribution < 1.29 is 22.4 Å². The average molecular weight is 568 g/mol. The van der Waals surface area contributed by atoms with Crippen LogP contribution in [0.2, 0.25) is 0 Å². The molecule has 40 heavy (non-hydrogen) atoms. The zero-order valence-corrected chi connectivity index (χ0v) is 24.5. The van der Waals surface area contributed by atoms with Gasteiger partial charge in [-0.1, -0.05) is 62.7 Å². The number of carbonyl (C=O) groups is 2. The van der Waals surface area contributed by atoms with E-state index in [1.165, 1.54) is 17.0 Å². The Hall–Kier alpha value is -3.72. The maximum atomic E-state index is 14.1. The fourth-order valence-corrected chi connectivity index (χ4v) is 5.70. The lowest BCUT2D eigenvalue weighted by atomic mass is 10.1. The molecule has 0 spiro atoms. The SMILES string of the molecule is CC[C@@H](C(=O)NCC(C)C)N(Cc1ccccc1C)C(=O)CN(c1ccc(C)cc1)S(=O)(=O)c1ccc(F)cc1. The van der Waals surface area contributed by atoms with E-state index in [-0.39, 0.29) is 29.0 Å². The predicted molar refractivity (Wildman–Crippen MR) is 156 cm³/mol. The summed E-state index contributed by atoms with van der Waals surface area (Å²) >= 11 is 0. The summed E-state index contributed by atoms with van der Waals surface area (Å²) in [5, 5.41) is 2.92. The second-order valence-corrected chi connectivity index (χ2v) is 12.2. The number of nitrogens with zero attached hydrogens (tertiary/aromatic N) is 2.